The minimum Gasteiger partial charge on any atom is -0.427 e. The molecule has 50 valence electrons. The number of rotatable bonds is 1. The average molecular weight is 128 g/mol. The maximum absolute atomic E-state index is 8.70. The van der Waals surface area contributed by atoms with E-state index in [-0.39, 0.29) is 5.82 Å². The molecule has 2 aliphatic rings. The van der Waals surface area contributed by atoms with Gasteiger partial charge in [0.1, 0.15) is 0 Å². The molecule has 0 bridgehead atoms. The van der Waals surface area contributed by atoms with E-state index in [9.17, 15) is 0 Å². The Kier molecular flexibility index (Phi) is 1.09. The zero-order valence-electron chi connectivity index (χ0n) is 5.03. The van der Waals surface area contributed by atoms with Crippen LogP contribution in [0.15, 0.2) is 0 Å². The van der Waals surface area contributed by atoms with Crippen molar-refractivity contribution < 1.29 is 14.8 Å². The molecular weight excluding hydrogens is 119 g/mol. The van der Waals surface area contributed by atoms with Crippen molar-refractivity contribution >= 4 is 7.12 Å². The lowest BCUT2D eigenvalue weighted by Crippen LogP contribution is -2.15. The van der Waals surface area contributed by atoms with Crippen molar-refractivity contribution in [1.82, 2.24) is 0 Å². The van der Waals surface area contributed by atoms with Gasteiger partial charge in [-0.15, -0.1) is 0 Å². The number of ether oxygens (including phenoxy) is 1. The summed E-state index contributed by atoms with van der Waals surface area (Å²) >= 11 is 0. The highest BCUT2D eigenvalue weighted by Gasteiger charge is 2.59. The molecule has 4 heteroatoms. The highest BCUT2D eigenvalue weighted by Crippen LogP contribution is 2.56. The second-order valence-electron chi connectivity index (χ2n) is 2.86. The Morgan fingerprint density at radius 2 is 1.78 bits per heavy atom. The molecule has 0 radical (unpaired) electrons. The third-order valence-electron chi connectivity index (χ3n) is 2.36. The van der Waals surface area contributed by atoms with Gasteiger partial charge in [-0.05, 0) is 11.8 Å². The van der Waals surface area contributed by atoms with Crippen LogP contribution >= 0.6 is 0 Å². The number of hydrogen-bond donors (Lipinski definition) is 2. The van der Waals surface area contributed by atoms with Crippen LogP contribution in [0.1, 0.15) is 0 Å². The van der Waals surface area contributed by atoms with Crippen LogP contribution in [0.4, 0.5) is 0 Å². The summed E-state index contributed by atoms with van der Waals surface area (Å²) < 4.78 is 5.06. The van der Waals surface area contributed by atoms with Gasteiger partial charge in [0.25, 0.3) is 0 Å². The lowest BCUT2D eigenvalue weighted by atomic mass is 9.80. The molecule has 9 heavy (non-hydrogen) atoms. The van der Waals surface area contributed by atoms with Crippen molar-refractivity contribution in [3.8, 4) is 0 Å². The van der Waals surface area contributed by atoms with Gasteiger partial charge in [-0.2, -0.15) is 0 Å². The fourth-order valence-corrected chi connectivity index (χ4v) is 1.73. The lowest BCUT2D eigenvalue weighted by Gasteiger charge is -1.99. The molecule has 2 atom stereocenters. The summed E-state index contributed by atoms with van der Waals surface area (Å²) in [6.07, 6.45) is 0. The van der Waals surface area contributed by atoms with Gasteiger partial charge in [0.15, 0.2) is 0 Å². The van der Waals surface area contributed by atoms with Crippen LogP contribution in [0, 0.1) is 11.8 Å². The summed E-state index contributed by atoms with van der Waals surface area (Å²) in [5, 5.41) is 17.4. The summed E-state index contributed by atoms with van der Waals surface area (Å²) in [6, 6.07) is 0. The molecule has 1 aliphatic heterocycles. The number of hydrogen-bond acceptors (Lipinski definition) is 3. The minimum absolute atomic E-state index is 0.124. The van der Waals surface area contributed by atoms with Crippen molar-refractivity contribution in [2.45, 2.75) is 5.82 Å². The Labute approximate surface area is 53.8 Å². The van der Waals surface area contributed by atoms with Crippen molar-refractivity contribution in [2.75, 3.05) is 13.2 Å². The van der Waals surface area contributed by atoms with E-state index in [1.165, 1.54) is 0 Å². The molecule has 0 aromatic heterocycles. The molecule has 2 N–H and O–H groups in total. The fourth-order valence-electron chi connectivity index (χ4n) is 1.73. The maximum Gasteiger partial charge on any atom is 0.455 e. The van der Waals surface area contributed by atoms with E-state index in [4.69, 9.17) is 14.8 Å². The van der Waals surface area contributed by atoms with Gasteiger partial charge in [-0.3, -0.25) is 0 Å². The summed E-state index contributed by atoms with van der Waals surface area (Å²) in [7, 11) is -1.11. The third kappa shape index (κ3) is 0.706. The predicted molar refractivity (Wildman–Crippen MR) is 31.7 cm³/mol. The standard InChI is InChI=1S/C5H9BO3/c7-6(8)5-3-1-9-2-4(3)5/h3-5,7-8H,1-2H2. The Balaban J connectivity index is 1.94. The van der Waals surface area contributed by atoms with Crippen LogP contribution < -0.4 is 0 Å². The van der Waals surface area contributed by atoms with Gasteiger partial charge in [-0.1, -0.05) is 0 Å². The van der Waals surface area contributed by atoms with Gasteiger partial charge in [0, 0.05) is 19.0 Å². The molecule has 1 saturated carbocycles. The Morgan fingerprint density at radius 3 is 2.11 bits per heavy atom. The molecule has 0 spiro atoms. The van der Waals surface area contributed by atoms with Crippen LogP contribution in [-0.4, -0.2) is 30.4 Å². The number of fused-ring (bicyclic) bond motifs is 1. The first-order valence-electron chi connectivity index (χ1n) is 3.24. The van der Waals surface area contributed by atoms with E-state index in [1.54, 1.807) is 0 Å². The molecule has 0 amide bonds. The quantitative estimate of drug-likeness (QED) is 0.450. The van der Waals surface area contributed by atoms with Gasteiger partial charge in [0.05, 0.1) is 0 Å². The van der Waals surface area contributed by atoms with Crippen molar-refractivity contribution in [3.05, 3.63) is 0 Å². The van der Waals surface area contributed by atoms with E-state index in [1.807, 2.05) is 0 Å². The normalized spacial score (nSPS) is 46.7. The van der Waals surface area contributed by atoms with E-state index in [0.29, 0.717) is 11.8 Å². The molecule has 3 nitrogen and oxygen atoms in total. The monoisotopic (exact) mass is 128 g/mol. The summed E-state index contributed by atoms with van der Waals surface area (Å²) in [6.45, 7) is 1.46. The molecule has 2 rings (SSSR count). The largest absolute Gasteiger partial charge is 0.455 e. The second kappa shape index (κ2) is 1.72. The van der Waals surface area contributed by atoms with Gasteiger partial charge >= 0.3 is 7.12 Å². The second-order valence-corrected chi connectivity index (χ2v) is 2.86. The van der Waals surface area contributed by atoms with Crippen molar-refractivity contribution in [2.24, 2.45) is 11.8 Å². The van der Waals surface area contributed by atoms with Crippen molar-refractivity contribution in [1.29, 1.82) is 0 Å². The molecule has 1 saturated heterocycles. The molecule has 0 aromatic rings. The third-order valence-corrected chi connectivity index (χ3v) is 2.36. The molecular formula is C5H9BO3. The zero-order chi connectivity index (χ0) is 6.43. The molecule has 0 aromatic carbocycles. The van der Waals surface area contributed by atoms with E-state index < -0.39 is 7.12 Å². The predicted octanol–water partition coefficient (Wildman–Crippen LogP) is -0.894. The minimum atomic E-state index is -1.11. The van der Waals surface area contributed by atoms with Gasteiger partial charge < -0.3 is 14.8 Å². The summed E-state index contributed by atoms with van der Waals surface area (Å²) in [4.78, 5) is 0. The SMILES string of the molecule is OB(O)C1C2COCC21. The maximum atomic E-state index is 8.70. The van der Waals surface area contributed by atoms with Crippen LogP contribution in [0.2, 0.25) is 5.82 Å². The average Bonchev–Trinajstić information content (AvgIpc) is 2.30. The topological polar surface area (TPSA) is 49.7 Å². The van der Waals surface area contributed by atoms with Crippen LogP contribution in [0.3, 0.4) is 0 Å². The van der Waals surface area contributed by atoms with Crippen LogP contribution in [0.25, 0.3) is 0 Å². The summed E-state index contributed by atoms with van der Waals surface area (Å²) in [5.41, 5.74) is 0. The van der Waals surface area contributed by atoms with E-state index in [0.717, 1.165) is 13.2 Å². The molecule has 2 unspecified atom stereocenters. The Morgan fingerprint density at radius 1 is 1.22 bits per heavy atom. The first-order chi connectivity index (χ1) is 4.30. The van der Waals surface area contributed by atoms with Gasteiger partial charge in [0.2, 0.25) is 0 Å². The molecule has 1 heterocycles. The fraction of sp³-hybridized carbons (Fsp3) is 1.00. The molecule has 2 fully saturated rings. The highest BCUT2D eigenvalue weighted by molar-refractivity contribution is 6.44. The van der Waals surface area contributed by atoms with Gasteiger partial charge in [-0.25, -0.2) is 0 Å². The van der Waals surface area contributed by atoms with Crippen LogP contribution in [-0.2, 0) is 4.74 Å². The van der Waals surface area contributed by atoms with Crippen LogP contribution in [0.5, 0.6) is 0 Å². The Hall–Kier alpha value is -0.0551. The zero-order valence-corrected chi connectivity index (χ0v) is 5.03. The first-order valence-corrected chi connectivity index (χ1v) is 3.24. The van der Waals surface area contributed by atoms with E-state index in [2.05, 4.69) is 0 Å². The smallest absolute Gasteiger partial charge is 0.427 e. The summed E-state index contributed by atoms with van der Waals surface area (Å²) in [5.74, 6) is 1.02. The van der Waals surface area contributed by atoms with Crippen molar-refractivity contribution in [3.63, 3.8) is 0 Å². The lowest BCUT2D eigenvalue weighted by molar-refractivity contribution is 0.161. The molecule has 1 aliphatic carbocycles. The first kappa shape index (κ1) is 5.71. The van der Waals surface area contributed by atoms with E-state index >= 15 is 0 Å². The highest BCUT2D eigenvalue weighted by atomic mass is 16.5. The Bertz CT molecular complexity index is 117.